The summed E-state index contributed by atoms with van der Waals surface area (Å²) in [5.41, 5.74) is 0.996. The third kappa shape index (κ3) is 6.62. The van der Waals surface area contributed by atoms with Gasteiger partial charge in [-0.3, -0.25) is 0 Å². The average Bonchev–Trinajstić information content (AvgIpc) is 3.09. The molecule has 0 saturated carbocycles. The van der Waals surface area contributed by atoms with Crippen LogP contribution < -0.4 is 5.32 Å². The van der Waals surface area contributed by atoms with Crippen molar-refractivity contribution in [3.63, 3.8) is 0 Å². The molecule has 0 aliphatic rings. The summed E-state index contributed by atoms with van der Waals surface area (Å²) in [4.78, 5) is 30.6. The topological polar surface area (TPSA) is 71.5 Å². The van der Waals surface area contributed by atoms with Crippen LogP contribution in [-0.2, 0) is 11.3 Å². The number of hydrogen-bond acceptors (Lipinski definition) is 5. The maximum absolute atomic E-state index is 12.8. The second-order valence-corrected chi connectivity index (χ2v) is 8.16. The molecule has 1 aromatic carbocycles. The summed E-state index contributed by atoms with van der Waals surface area (Å²) in [5, 5.41) is 5.29. The molecule has 0 spiro atoms. The molecular formula is C19H24BrN3O3S. The molecule has 0 bridgehead atoms. The summed E-state index contributed by atoms with van der Waals surface area (Å²) in [6.07, 6.45) is 0.874. The number of aromatic nitrogens is 1. The lowest BCUT2D eigenvalue weighted by Gasteiger charge is -2.23. The second-order valence-electron chi connectivity index (χ2n) is 6.36. The van der Waals surface area contributed by atoms with E-state index < -0.39 is 5.97 Å². The van der Waals surface area contributed by atoms with Gasteiger partial charge >= 0.3 is 12.0 Å². The number of amides is 2. The molecule has 0 fully saturated rings. The van der Waals surface area contributed by atoms with Gasteiger partial charge in [0.2, 0.25) is 0 Å². The zero-order valence-electron chi connectivity index (χ0n) is 15.7. The van der Waals surface area contributed by atoms with E-state index in [1.165, 1.54) is 11.3 Å². The van der Waals surface area contributed by atoms with E-state index in [0.29, 0.717) is 36.3 Å². The van der Waals surface area contributed by atoms with Gasteiger partial charge < -0.3 is 15.0 Å². The van der Waals surface area contributed by atoms with Crippen LogP contribution in [0, 0.1) is 5.92 Å². The first-order valence-corrected chi connectivity index (χ1v) is 10.5. The van der Waals surface area contributed by atoms with Gasteiger partial charge in [-0.15, -0.1) is 11.3 Å². The maximum atomic E-state index is 12.8. The van der Waals surface area contributed by atoms with E-state index in [0.717, 1.165) is 10.9 Å². The Balaban J connectivity index is 2.10. The molecule has 0 unspecified atom stereocenters. The fourth-order valence-corrected chi connectivity index (χ4v) is 3.43. The number of carbonyl (C=O) groups is 2. The van der Waals surface area contributed by atoms with Crippen LogP contribution in [0.3, 0.4) is 0 Å². The van der Waals surface area contributed by atoms with Gasteiger partial charge in [-0.2, -0.15) is 0 Å². The van der Waals surface area contributed by atoms with Gasteiger partial charge in [-0.1, -0.05) is 26.0 Å². The quantitative estimate of drug-likeness (QED) is 0.560. The van der Waals surface area contributed by atoms with Crippen molar-refractivity contribution >= 4 is 45.0 Å². The monoisotopic (exact) mass is 453 g/mol. The van der Waals surface area contributed by atoms with Crippen LogP contribution in [-0.4, -0.2) is 35.0 Å². The molecule has 8 heteroatoms. The first-order valence-electron chi connectivity index (χ1n) is 8.82. The molecule has 1 N–H and O–H groups in total. The second kappa shape index (κ2) is 10.4. The Morgan fingerprint density at radius 2 is 2.07 bits per heavy atom. The van der Waals surface area contributed by atoms with Crippen LogP contribution in [0.5, 0.6) is 0 Å². The molecule has 1 heterocycles. The number of nitrogens with zero attached hydrogens (tertiary/aromatic N) is 2. The predicted octanol–water partition coefficient (Wildman–Crippen LogP) is 5.16. The summed E-state index contributed by atoms with van der Waals surface area (Å²) in [6.45, 7) is 7.24. The van der Waals surface area contributed by atoms with Crippen LogP contribution >= 0.6 is 27.3 Å². The minimum Gasteiger partial charge on any atom is -0.461 e. The van der Waals surface area contributed by atoms with Gasteiger partial charge in [0.1, 0.15) is 5.01 Å². The number of anilines is 1. The van der Waals surface area contributed by atoms with Crippen molar-refractivity contribution in [2.75, 3.05) is 18.5 Å². The molecular weight excluding hydrogens is 430 g/mol. The highest BCUT2D eigenvalue weighted by atomic mass is 79.9. The number of benzene rings is 1. The zero-order chi connectivity index (χ0) is 19.8. The van der Waals surface area contributed by atoms with E-state index >= 15 is 0 Å². The standard InChI is InChI=1S/C19H24BrN3O3S/c1-4-26-18(24)16-12-27-17(21-16)11-23(10-9-13(2)3)19(25)22-15-8-6-5-7-14(15)20/h5-8,12-13H,4,9-11H2,1-3H3,(H,22,25). The van der Waals surface area contributed by atoms with Gasteiger partial charge in [0, 0.05) is 16.4 Å². The fourth-order valence-electron chi connectivity index (χ4n) is 2.27. The Morgan fingerprint density at radius 3 is 2.74 bits per heavy atom. The molecule has 2 aromatic rings. The molecule has 6 nitrogen and oxygen atoms in total. The van der Waals surface area contributed by atoms with E-state index in [4.69, 9.17) is 4.74 Å². The molecule has 2 rings (SSSR count). The smallest absolute Gasteiger partial charge is 0.357 e. The summed E-state index contributed by atoms with van der Waals surface area (Å²) < 4.78 is 5.79. The summed E-state index contributed by atoms with van der Waals surface area (Å²) in [6, 6.07) is 7.27. The normalized spacial score (nSPS) is 10.7. The lowest BCUT2D eigenvalue weighted by Crippen LogP contribution is -2.35. The Labute approximate surface area is 172 Å². The molecule has 0 aliphatic heterocycles. The third-order valence-corrected chi connectivity index (χ3v) is 5.27. The number of para-hydroxylation sites is 1. The minimum atomic E-state index is -0.439. The molecule has 146 valence electrons. The zero-order valence-corrected chi connectivity index (χ0v) is 18.1. The molecule has 0 aliphatic carbocycles. The minimum absolute atomic E-state index is 0.199. The number of urea groups is 1. The highest BCUT2D eigenvalue weighted by Crippen LogP contribution is 2.22. The lowest BCUT2D eigenvalue weighted by atomic mass is 10.1. The number of carbonyl (C=O) groups excluding carboxylic acids is 2. The molecule has 0 atom stereocenters. The van der Waals surface area contributed by atoms with Crippen molar-refractivity contribution < 1.29 is 14.3 Å². The summed E-state index contributed by atoms with van der Waals surface area (Å²) >= 11 is 4.79. The SMILES string of the molecule is CCOC(=O)c1csc(CN(CCC(C)C)C(=O)Nc2ccccc2Br)n1. The Hall–Kier alpha value is -1.93. The van der Waals surface area contributed by atoms with Gasteiger partial charge in [0.25, 0.3) is 0 Å². The first-order chi connectivity index (χ1) is 12.9. The molecule has 27 heavy (non-hydrogen) atoms. The van der Waals surface area contributed by atoms with Crippen LogP contribution in [0.2, 0.25) is 0 Å². The maximum Gasteiger partial charge on any atom is 0.357 e. The Bertz CT molecular complexity index is 779. The highest BCUT2D eigenvalue weighted by Gasteiger charge is 2.19. The van der Waals surface area contributed by atoms with Crippen molar-refractivity contribution in [2.45, 2.75) is 33.7 Å². The number of hydrogen-bond donors (Lipinski definition) is 1. The number of thiazole rings is 1. The molecule has 2 amide bonds. The van der Waals surface area contributed by atoms with Crippen molar-refractivity contribution in [1.82, 2.24) is 9.88 Å². The number of nitrogens with one attached hydrogen (secondary N) is 1. The van der Waals surface area contributed by atoms with Gasteiger partial charge in [0.15, 0.2) is 5.69 Å². The predicted molar refractivity (Wildman–Crippen MR) is 111 cm³/mol. The third-order valence-electron chi connectivity index (χ3n) is 3.74. The van der Waals surface area contributed by atoms with Crippen molar-refractivity contribution in [3.8, 4) is 0 Å². The lowest BCUT2D eigenvalue weighted by molar-refractivity contribution is 0.0520. The van der Waals surface area contributed by atoms with Crippen LogP contribution in [0.15, 0.2) is 34.1 Å². The molecule has 1 aromatic heterocycles. The van der Waals surface area contributed by atoms with E-state index in [1.54, 1.807) is 17.2 Å². The van der Waals surface area contributed by atoms with Gasteiger partial charge in [0.05, 0.1) is 18.8 Å². The van der Waals surface area contributed by atoms with E-state index in [1.807, 2.05) is 24.3 Å². The molecule has 0 saturated heterocycles. The van der Waals surface area contributed by atoms with E-state index in [2.05, 4.69) is 40.1 Å². The van der Waals surface area contributed by atoms with Crippen LogP contribution in [0.1, 0.15) is 42.7 Å². The number of esters is 1. The molecule has 0 radical (unpaired) electrons. The van der Waals surface area contributed by atoms with Crippen molar-refractivity contribution in [2.24, 2.45) is 5.92 Å². The van der Waals surface area contributed by atoms with Crippen LogP contribution in [0.4, 0.5) is 10.5 Å². The van der Waals surface area contributed by atoms with Gasteiger partial charge in [-0.05, 0) is 47.3 Å². The summed E-state index contributed by atoms with van der Waals surface area (Å²) in [7, 11) is 0. The van der Waals surface area contributed by atoms with Crippen LogP contribution in [0.25, 0.3) is 0 Å². The number of halogens is 1. The van der Waals surface area contributed by atoms with E-state index in [9.17, 15) is 9.59 Å². The summed E-state index contributed by atoms with van der Waals surface area (Å²) in [5.74, 6) is 0.0292. The van der Waals surface area contributed by atoms with Crippen molar-refractivity contribution in [3.05, 3.63) is 44.8 Å². The Morgan fingerprint density at radius 1 is 1.33 bits per heavy atom. The average molecular weight is 454 g/mol. The largest absolute Gasteiger partial charge is 0.461 e. The fraction of sp³-hybridized carbons (Fsp3) is 0.421. The van der Waals surface area contributed by atoms with Gasteiger partial charge in [-0.25, -0.2) is 14.6 Å². The van der Waals surface area contributed by atoms with E-state index in [-0.39, 0.29) is 11.7 Å². The number of ether oxygens (including phenoxy) is 1. The Kier molecular flexibility index (Phi) is 8.24. The number of rotatable bonds is 8. The first kappa shape index (κ1) is 21.4. The highest BCUT2D eigenvalue weighted by molar-refractivity contribution is 9.10. The van der Waals surface area contributed by atoms with Crippen molar-refractivity contribution in [1.29, 1.82) is 0 Å².